The molecule has 15 heteroatoms. The van der Waals surface area contributed by atoms with Crippen molar-refractivity contribution in [1.29, 1.82) is 0 Å². The number of anilines is 1. The number of likely N-dealkylation sites (N-methyl/N-ethyl adjacent to an activating group) is 1. The van der Waals surface area contributed by atoms with Crippen LogP contribution in [0.3, 0.4) is 0 Å². The molecule has 1 amide bonds. The lowest BCUT2D eigenvalue weighted by Crippen LogP contribution is -2.44. The van der Waals surface area contributed by atoms with Crippen molar-refractivity contribution in [2.24, 2.45) is 0 Å². The number of rotatable bonds is 15. The van der Waals surface area contributed by atoms with Crippen LogP contribution in [0.25, 0.3) is 11.0 Å². The number of halogens is 1. The van der Waals surface area contributed by atoms with Crippen molar-refractivity contribution in [2.75, 3.05) is 45.8 Å². The maximum absolute atomic E-state index is 13.6. The largest absolute Gasteiger partial charge is 0.468 e. The molecule has 3 atom stereocenters. The molecule has 0 spiro atoms. The Balaban J connectivity index is 1.42. The molecule has 3 N–H and O–H groups in total. The van der Waals surface area contributed by atoms with Crippen molar-refractivity contribution < 1.29 is 33.3 Å². The van der Waals surface area contributed by atoms with Crippen LogP contribution in [0.1, 0.15) is 25.7 Å². The highest BCUT2D eigenvalue weighted by Gasteiger charge is 2.32. The first-order chi connectivity index (χ1) is 20.6. The average molecular weight is 637 g/mol. The topological polar surface area (TPSA) is 157 Å². The molecule has 1 aliphatic carbocycles. The number of para-hydroxylation sites is 1. The number of benzene rings is 1. The number of carbonyl (C=O) groups excluding carboxylic acids is 2. The molecule has 0 saturated heterocycles. The number of fused-ring (bicyclic) bond motifs is 1. The molecule has 1 saturated carbocycles. The highest BCUT2D eigenvalue weighted by atomic mass is 35.5. The number of carbonyl (C=O) groups is 2. The predicted molar refractivity (Wildman–Crippen MR) is 162 cm³/mol. The summed E-state index contributed by atoms with van der Waals surface area (Å²) >= 11 is 6.25. The Kier molecular flexibility index (Phi) is 11.4. The summed E-state index contributed by atoms with van der Waals surface area (Å²) in [7, 11) is 0.272. The van der Waals surface area contributed by atoms with Crippen LogP contribution in [0.2, 0.25) is 5.28 Å². The van der Waals surface area contributed by atoms with E-state index in [4.69, 9.17) is 20.9 Å². The van der Waals surface area contributed by atoms with Crippen LogP contribution in [0.5, 0.6) is 5.75 Å². The third kappa shape index (κ3) is 8.90. The van der Waals surface area contributed by atoms with Crippen LogP contribution in [-0.2, 0) is 30.2 Å². The number of nitrogens with one attached hydrogen (secondary N) is 2. The minimum atomic E-state index is -3.87. The second kappa shape index (κ2) is 15.0. The number of amides is 1. The average Bonchev–Trinajstić information content (AvgIpc) is 3.65. The zero-order valence-corrected chi connectivity index (χ0v) is 26.1. The molecule has 1 fully saturated rings. The number of aromatic nitrogens is 3. The zero-order chi connectivity index (χ0) is 31.0. The number of hydrogen-bond donors (Lipinski definition) is 3. The van der Waals surface area contributed by atoms with Crippen molar-refractivity contribution in [3.63, 3.8) is 0 Å². The van der Waals surface area contributed by atoms with Crippen LogP contribution >= 0.6 is 19.1 Å². The summed E-state index contributed by atoms with van der Waals surface area (Å²) in [6.07, 6.45) is 3.89. The summed E-state index contributed by atoms with van der Waals surface area (Å²) in [5.74, 6) is -0.273. The molecular weight excluding hydrogens is 599 g/mol. The van der Waals surface area contributed by atoms with Gasteiger partial charge in [-0.25, -0.2) is 10.1 Å². The van der Waals surface area contributed by atoms with Gasteiger partial charge in [-0.05, 0) is 42.6 Å². The third-order valence-corrected chi connectivity index (χ3v) is 9.32. The minimum absolute atomic E-state index is 0.0116. The predicted octanol–water partition coefficient (Wildman–Crippen LogP) is 3.31. The van der Waals surface area contributed by atoms with Crippen LogP contribution in [-0.4, -0.2) is 95.2 Å². The molecule has 3 aromatic rings. The second-order valence-corrected chi connectivity index (χ2v) is 12.9. The molecule has 2 aromatic heterocycles. The van der Waals surface area contributed by atoms with Crippen LogP contribution in [0.15, 0.2) is 42.6 Å². The standard InChI is InChI=1S/C28H38ClN6O7P/c1-34(24(37)18-43(39,30-15-25(38)41-3)42-20-11-5-4-6-12-20)17-23(40-2)22(36)16-35-14-13-21-26(31-19-9-7-8-10-19)32-28(29)33-27(21)35/h4-6,11-14,19,22-23,36H,7-10,15-18H2,1-3H3,(H,30,39)(H,31,32,33)/t22-,23+,43?/m0/s1. The number of aliphatic hydroxyl groups is 1. The summed E-state index contributed by atoms with van der Waals surface area (Å²) in [5.41, 5.74) is 0.564. The van der Waals surface area contributed by atoms with Gasteiger partial charge < -0.3 is 33.9 Å². The quantitative estimate of drug-likeness (QED) is 0.128. The van der Waals surface area contributed by atoms with Gasteiger partial charge in [0.25, 0.3) is 0 Å². The van der Waals surface area contributed by atoms with E-state index in [9.17, 15) is 19.3 Å². The maximum Gasteiger partial charge on any atom is 0.326 e. The Morgan fingerprint density at radius 2 is 1.91 bits per heavy atom. The van der Waals surface area contributed by atoms with Crippen molar-refractivity contribution in [2.45, 2.75) is 50.5 Å². The van der Waals surface area contributed by atoms with E-state index in [0.717, 1.165) is 18.2 Å². The third-order valence-electron chi connectivity index (χ3n) is 7.31. The Labute approximate surface area is 255 Å². The van der Waals surface area contributed by atoms with Gasteiger partial charge >= 0.3 is 13.5 Å². The molecule has 1 aliphatic rings. The zero-order valence-electron chi connectivity index (χ0n) is 24.4. The van der Waals surface area contributed by atoms with Gasteiger partial charge in [-0.1, -0.05) is 31.0 Å². The van der Waals surface area contributed by atoms with Crippen molar-refractivity contribution in [1.82, 2.24) is 24.5 Å². The molecule has 1 unspecified atom stereocenters. The first-order valence-electron chi connectivity index (χ1n) is 14.0. The number of aliphatic hydroxyl groups excluding tert-OH is 1. The Hall–Kier alpha value is -3.22. The second-order valence-electron chi connectivity index (χ2n) is 10.4. The highest BCUT2D eigenvalue weighted by Crippen LogP contribution is 2.43. The molecule has 43 heavy (non-hydrogen) atoms. The van der Waals surface area contributed by atoms with Gasteiger partial charge in [-0.15, -0.1) is 0 Å². The fraction of sp³-hybridized carbons (Fsp3) is 0.500. The van der Waals surface area contributed by atoms with Gasteiger partial charge in [0.05, 0.1) is 25.1 Å². The van der Waals surface area contributed by atoms with E-state index in [1.54, 1.807) is 41.1 Å². The van der Waals surface area contributed by atoms with Gasteiger partial charge in [0.1, 0.15) is 36.0 Å². The monoisotopic (exact) mass is 636 g/mol. The van der Waals surface area contributed by atoms with Gasteiger partial charge in [0, 0.05) is 32.9 Å². The Morgan fingerprint density at radius 1 is 1.19 bits per heavy atom. The summed E-state index contributed by atoms with van der Waals surface area (Å²) < 4.78 is 31.2. The van der Waals surface area contributed by atoms with E-state index in [1.807, 2.05) is 6.07 Å². The van der Waals surface area contributed by atoms with E-state index >= 15 is 0 Å². The number of hydrogen-bond acceptors (Lipinski definition) is 10. The molecule has 234 valence electrons. The molecule has 13 nitrogen and oxygen atoms in total. The van der Waals surface area contributed by atoms with Crippen molar-refractivity contribution in [3.05, 3.63) is 47.9 Å². The fourth-order valence-corrected chi connectivity index (χ4v) is 6.77. The van der Waals surface area contributed by atoms with E-state index in [-0.39, 0.29) is 24.1 Å². The summed E-state index contributed by atoms with van der Waals surface area (Å²) in [4.78, 5) is 34.9. The number of ether oxygens (including phenoxy) is 2. The lowest BCUT2D eigenvalue weighted by Gasteiger charge is -2.28. The van der Waals surface area contributed by atoms with E-state index < -0.39 is 44.3 Å². The van der Waals surface area contributed by atoms with Gasteiger partial charge in [0.15, 0.2) is 0 Å². The Morgan fingerprint density at radius 3 is 2.58 bits per heavy atom. The molecule has 0 aliphatic heterocycles. The normalized spacial score (nSPS) is 16.4. The van der Waals surface area contributed by atoms with E-state index in [2.05, 4.69) is 25.1 Å². The molecule has 2 heterocycles. The van der Waals surface area contributed by atoms with Gasteiger partial charge in [-0.2, -0.15) is 4.98 Å². The van der Waals surface area contributed by atoms with E-state index in [1.165, 1.54) is 39.0 Å². The minimum Gasteiger partial charge on any atom is -0.468 e. The van der Waals surface area contributed by atoms with Crippen molar-refractivity contribution >= 4 is 47.8 Å². The summed E-state index contributed by atoms with van der Waals surface area (Å²) in [6, 6.07) is 10.5. The lowest BCUT2D eigenvalue weighted by atomic mass is 10.2. The SMILES string of the molecule is COC(=O)CNP(=O)(CC(=O)N(C)C[C@@H](OC)[C@@H](O)Cn1ccc2c(NC3CCCC3)nc(Cl)nc21)Oc1ccccc1. The number of nitrogens with zero attached hydrogens (tertiary/aromatic N) is 4. The van der Waals surface area contributed by atoms with Crippen LogP contribution in [0, 0.1) is 0 Å². The number of esters is 1. The fourth-order valence-electron chi connectivity index (χ4n) is 4.93. The molecular formula is C28H38ClN6O7P. The first-order valence-corrected chi connectivity index (χ1v) is 16.2. The summed E-state index contributed by atoms with van der Waals surface area (Å²) in [5, 5.41) is 18.0. The Bertz CT molecular complexity index is 1440. The van der Waals surface area contributed by atoms with Gasteiger partial charge in [-0.3, -0.25) is 14.2 Å². The molecule has 0 radical (unpaired) electrons. The van der Waals surface area contributed by atoms with Crippen LogP contribution in [0.4, 0.5) is 5.82 Å². The smallest absolute Gasteiger partial charge is 0.326 e. The molecule has 0 bridgehead atoms. The molecule has 1 aromatic carbocycles. The van der Waals surface area contributed by atoms with Crippen molar-refractivity contribution in [3.8, 4) is 5.75 Å². The number of methoxy groups -OCH3 is 2. The van der Waals surface area contributed by atoms with Gasteiger partial charge in [0.2, 0.25) is 11.2 Å². The van der Waals surface area contributed by atoms with Crippen LogP contribution < -0.4 is 14.9 Å². The maximum atomic E-state index is 13.6. The summed E-state index contributed by atoms with van der Waals surface area (Å²) in [6.45, 7) is -0.313. The highest BCUT2D eigenvalue weighted by molar-refractivity contribution is 7.58. The van der Waals surface area contributed by atoms with E-state index in [0.29, 0.717) is 17.5 Å². The first kappa shape index (κ1) is 32.7. The lowest BCUT2D eigenvalue weighted by molar-refractivity contribution is -0.139. The molecule has 4 rings (SSSR count).